The Bertz CT molecular complexity index is 1190. The lowest BCUT2D eigenvalue weighted by molar-refractivity contribution is -0.118. The molecule has 2 amide bonds. The molecular weight excluding hydrogens is 477 g/mol. The van der Waals surface area contributed by atoms with Crippen LogP contribution in [0, 0.1) is 17.1 Å². The third-order valence-electron chi connectivity index (χ3n) is 4.15. The molecule has 0 aliphatic rings. The number of nitrogens with one attached hydrogen (secondary N) is 2. The summed E-state index contributed by atoms with van der Waals surface area (Å²) in [7, 11) is 0. The summed E-state index contributed by atoms with van der Waals surface area (Å²) in [5.74, 6) is -0.923. The van der Waals surface area contributed by atoms with Crippen molar-refractivity contribution in [1.29, 1.82) is 5.26 Å². The van der Waals surface area contributed by atoms with Gasteiger partial charge in [-0.25, -0.2) is 4.39 Å². The van der Waals surface area contributed by atoms with E-state index in [0.29, 0.717) is 27.2 Å². The molecule has 0 heterocycles. The minimum absolute atomic E-state index is 0.128. The zero-order chi connectivity index (χ0) is 22.9. The van der Waals surface area contributed by atoms with E-state index >= 15 is 0 Å². The fraction of sp³-hybridized carbons (Fsp3) is 0.0417. The smallest absolute Gasteiger partial charge is 0.266 e. The van der Waals surface area contributed by atoms with E-state index in [-0.39, 0.29) is 18.1 Å². The second-order valence-corrected chi connectivity index (χ2v) is 7.38. The number of anilines is 2. The molecule has 6 nitrogen and oxygen atoms in total. The van der Waals surface area contributed by atoms with E-state index in [4.69, 9.17) is 4.74 Å². The van der Waals surface area contributed by atoms with Crippen molar-refractivity contribution in [2.45, 2.75) is 0 Å². The number of para-hydroxylation sites is 1. The maximum absolute atomic E-state index is 13.0. The van der Waals surface area contributed by atoms with Gasteiger partial charge < -0.3 is 15.4 Å². The lowest BCUT2D eigenvalue weighted by atomic mass is 10.1. The molecule has 0 radical (unpaired) electrons. The molecular formula is C24H17BrFN3O3. The third-order valence-corrected chi connectivity index (χ3v) is 4.77. The van der Waals surface area contributed by atoms with Crippen LogP contribution in [0.2, 0.25) is 0 Å². The number of rotatable bonds is 7. The standard InChI is InChI=1S/C24H17BrFN3O3/c25-21-13-16(12-17(14-27)24(31)29-20-9-7-18(26)8-10-20)6-11-22(21)32-15-23(30)28-19-4-2-1-3-5-19/h1-13H,15H2,(H,28,30)(H,29,31)/b17-12+. The highest BCUT2D eigenvalue weighted by Crippen LogP contribution is 2.27. The van der Waals surface area contributed by atoms with Crippen LogP contribution >= 0.6 is 15.9 Å². The molecule has 0 atom stereocenters. The summed E-state index contributed by atoms with van der Waals surface area (Å²) in [5, 5.41) is 14.6. The highest BCUT2D eigenvalue weighted by molar-refractivity contribution is 9.10. The number of hydrogen-bond acceptors (Lipinski definition) is 4. The molecule has 0 unspecified atom stereocenters. The molecule has 0 aliphatic heterocycles. The Kier molecular flexibility index (Phi) is 7.73. The Morgan fingerprint density at radius 1 is 1.00 bits per heavy atom. The largest absolute Gasteiger partial charge is 0.483 e. The molecule has 0 aromatic heterocycles. The topological polar surface area (TPSA) is 91.2 Å². The van der Waals surface area contributed by atoms with Crippen LogP contribution in [0.3, 0.4) is 0 Å². The summed E-state index contributed by atoms with van der Waals surface area (Å²) >= 11 is 3.37. The number of amides is 2. The Labute approximate surface area is 192 Å². The number of carbonyl (C=O) groups is 2. The van der Waals surface area contributed by atoms with Crippen LogP contribution in [-0.2, 0) is 9.59 Å². The summed E-state index contributed by atoms with van der Waals surface area (Å²) < 4.78 is 19.1. The maximum Gasteiger partial charge on any atom is 0.266 e. The summed E-state index contributed by atoms with van der Waals surface area (Å²) in [6, 6.07) is 21.0. The minimum atomic E-state index is -0.617. The second-order valence-electron chi connectivity index (χ2n) is 6.52. The Morgan fingerprint density at radius 3 is 2.34 bits per heavy atom. The van der Waals surface area contributed by atoms with Crippen LogP contribution in [0.25, 0.3) is 6.08 Å². The van der Waals surface area contributed by atoms with Gasteiger partial charge in [0.25, 0.3) is 11.8 Å². The summed E-state index contributed by atoms with van der Waals surface area (Å²) in [5.41, 5.74) is 1.49. The zero-order valence-corrected chi connectivity index (χ0v) is 18.2. The van der Waals surface area contributed by atoms with E-state index in [1.807, 2.05) is 24.3 Å². The minimum Gasteiger partial charge on any atom is -0.483 e. The van der Waals surface area contributed by atoms with Gasteiger partial charge in [-0.1, -0.05) is 24.3 Å². The molecule has 0 spiro atoms. The molecule has 8 heteroatoms. The first-order chi connectivity index (χ1) is 15.4. The first kappa shape index (κ1) is 22.7. The highest BCUT2D eigenvalue weighted by atomic mass is 79.9. The molecule has 0 fully saturated rings. The number of nitrogens with zero attached hydrogens (tertiary/aromatic N) is 1. The number of nitriles is 1. The zero-order valence-electron chi connectivity index (χ0n) is 16.6. The summed E-state index contributed by atoms with van der Waals surface area (Å²) in [6.45, 7) is -0.188. The third kappa shape index (κ3) is 6.52. The first-order valence-electron chi connectivity index (χ1n) is 9.40. The second kappa shape index (κ2) is 10.9. The fourth-order valence-corrected chi connectivity index (χ4v) is 3.14. The van der Waals surface area contributed by atoms with Crippen molar-refractivity contribution < 1.29 is 18.7 Å². The van der Waals surface area contributed by atoms with E-state index in [2.05, 4.69) is 26.6 Å². The molecule has 2 N–H and O–H groups in total. The number of hydrogen-bond donors (Lipinski definition) is 2. The quantitative estimate of drug-likeness (QED) is 0.351. The molecule has 3 aromatic carbocycles. The van der Waals surface area contributed by atoms with Crippen molar-refractivity contribution in [2.24, 2.45) is 0 Å². The van der Waals surface area contributed by atoms with Gasteiger partial charge in [0.1, 0.15) is 23.2 Å². The first-order valence-corrected chi connectivity index (χ1v) is 10.2. The molecule has 3 rings (SSSR count). The maximum atomic E-state index is 13.0. The van der Waals surface area contributed by atoms with Gasteiger partial charge in [-0.3, -0.25) is 9.59 Å². The number of halogens is 2. The molecule has 0 saturated heterocycles. The van der Waals surface area contributed by atoms with Crippen LogP contribution in [0.4, 0.5) is 15.8 Å². The van der Waals surface area contributed by atoms with Gasteiger partial charge in [-0.2, -0.15) is 5.26 Å². The van der Waals surface area contributed by atoms with Gasteiger partial charge in [0.15, 0.2) is 6.61 Å². The Morgan fingerprint density at radius 2 is 1.69 bits per heavy atom. The van der Waals surface area contributed by atoms with Gasteiger partial charge >= 0.3 is 0 Å². The molecule has 0 aliphatic carbocycles. The van der Waals surface area contributed by atoms with Gasteiger partial charge in [0, 0.05) is 11.4 Å². The highest BCUT2D eigenvalue weighted by Gasteiger charge is 2.11. The van der Waals surface area contributed by atoms with Gasteiger partial charge in [-0.05, 0) is 76.1 Å². The number of ether oxygens (including phenoxy) is 1. The van der Waals surface area contributed by atoms with Gasteiger partial charge in [0.05, 0.1) is 4.47 Å². The van der Waals surface area contributed by atoms with E-state index in [0.717, 1.165) is 0 Å². The molecule has 0 saturated carbocycles. The Balaban J connectivity index is 1.63. The van der Waals surface area contributed by atoms with E-state index in [9.17, 15) is 19.2 Å². The lowest BCUT2D eigenvalue weighted by Gasteiger charge is -2.10. The van der Waals surface area contributed by atoms with Crippen molar-refractivity contribution in [3.63, 3.8) is 0 Å². The fourth-order valence-electron chi connectivity index (χ4n) is 2.63. The van der Waals surface area contributed by atoms with Crippen molar-refractivity contribution in [3.05, 3.63) is 94.2 Å². The van der Waals surface area contributed by atoms with Crippen molar-refractivity contribution in [3.8, 4) is 11.8 Å². The average Bonchev–Trinajstić information content (AvgIpc) is 2.79. The number of carbonyl (C=O) groups excluding carboxylic acids is 2. The summed E-state index contributed by atoms with van der Waals surface area (Å²) in [6.07, 6.45) is 1.41. The van der Waals surface area contributed by atoms with Crippen molar-refractivity contribution in [1.82, 2.24) is 0 Å². The molecule has 160 valence electrons. The van der Waals surface area contributed by atoms with E-state index in [1.165, 1.54) is 30.3 Å². The van der Waals surface area contributed by atoms with Crippen LogP contribution in [0.1, 0.15) is 5.56 Å². The van der Waals surface area contributed by atoms with Crippen LogP contribution in [0.15, 0.2) is 82.8 Å². The van der Waals surface area contributed by atoms with Crippen molar-refractivity contribution >= 4 is 45.2 Å². The van der Waals surface area contributed by atoms with Crippen LogP contribution in [0.5, 0.6) is 5.75 Å². The Hall–Kier alpha value is -3.96. The predicted molar refractivity (Wildman–Crippen MR) is 123 cm³/mol. The number of benzene rings is 3. The van der Waals surface area contributed by atoms with Crippen molar-refractivity contribution in [2.75, 3.05) is 17.2 Å². The molecule has 0 bridgehead atoms. The van der Waals surface area contributed by atoms with Gasteiger partial charge in [0.2, 0.25) is 0 Å². The van der Waals surface area contributed by atoms with E-state index in [1.54, 1.807) is 30.3 Å². The predicted octanol–water partition coefficient (Wildman–Crippen LogP) is 5.15. The average molecular weight is 494 g/mol. The monoisotopic (exact) mass is 493 g/mol. The lowest BCUT2D eigenvalue weighted by Crippen LogP contribution is -2.20. The summed E-state index contributed by atoms with van der Waals surface area (Å²) in [4.78, 5) is 24.4. The van der Waals surface area contributed by atoms with Crippen LogP contribution in [-0.4, -0.2) is 18.4 Å². The molecule has 32 heavy (non-hydrogen) atoms. The van der Waals surface area contributed by atoms with E-state index < -0.39 is 11.7 Å². The normalized spacial score (nSPS) is 10.7. The van der Waals surface area contributed by atoms with Gasteiger partial charge in [-0.15, -0.1) is 0 Å². The molecule has 3 aromatic rings. The SMILES string of the molecule is N#C/C(=C\c1ccc(OCC(=O)Nc2ccccc2)c(Br)c1)C(=O)Nc1ccc(F)cc1. The van der Waals surface area contributed by atoms with Crippen LogP contribution < -0.4 is 15.4 Å².